The van der Waals surface area contributed by atoms with Crippen molar-refractivity contribution < 1.29 is 4.57 Å². The standard InChI is InChI=1S/C36H32N3/c1-21-24-9-5-6-10-25(24)28(20-37)33-30(21)34-31-23(15-18-38(34)4)19-27(22-13-16-36(2,3)17-14-22)32-26-11-7-8-12-29(26)39(33)35(31)32/h5-12,15,18-19,22H,13-14,16-17H2,1-4H3/q+1. The molecule has 0 radical (unpaired) electrons. The highest BCUT2D eigenvalue weighted by atomic mass is 15.0. The van der Waals surface area contributed by atoms with E-state index in [-0.39, 0.29) is 0 Å². The maximum Gasteiger partial charge on any atom is 0.224 e. The van der Waals surface area contributed by atoms with Gasteiger partial charge >= 0.3 is 0 Å². The van der Waals surface area contributed by atoms with Gasteiger partial charge in [-0.1, -0.05) is 56.3 Å². The molecule has 0 saturated heterocycles. The van der Waals surface area contributed by atoms with Crippen molar-refractivity contribution in [3.8, 4) is 6.07 Å². The molecular weight excluding hydrogens is 474 g/mol. The van der Waals surface area contributed by atoms with E-state index >= 15 is 0 Å². The second kappa shape index (κ2) is 7.70. The number of nitrogens with zero attached hydrogens (tertiary/aromatic N) is 3. The number of fused-ring (bicyclic) bond motifs is 7. The summed E-state index contributed by atoms with van der Waals surface area (Å²) >= 11 is 0. The first kappa shape index (κ1) is 22.8. The van der Waals surface area contributed by atoms with Crippen LogP contribution in [0.15, 0.2) is 66.9 Å². The highest BCUT2D eigenvalue weighted by Gasteiger charge is 2.32. The van der Waals surface area contributed by atoms with Crippen molar-refractivity contribution in [2.24, 2.45) is 12.5 Å². The fraction of sp³-hybridized carbons (Fsp3) is 0.278. The molecule has 0 N–H and O–H groups in total. The number of rotatable bonds is 1. The zero-order chi connectivity index (χ0) is 26.6. The van der Waals surface area contributed by atoms with E-state index in [4.69, 9.17) is 0 Å². The predicted octanol–water partition coefficient (Wildman–Crippen LogP) is 8.83. The molecule has 1 fully saturated rings. The van der Waals surface area contributed by atoms with Crippen LogP contribution in [-0.4, -0.2) is 4.40 Å². The molecule has 3 nitrogen and oxygen atoms in total. The molecule has 7 aromatic rings. The second-order valence-corrected chi connectivity index (χ2v) is 12.6. The lowest BCUT2D eigenvalue weighted by molar-refractivity contribution is -0.643. The molecule has 1 saturated carbocycles. The summed E-state index contributed by atoms with van der Waals surface area (Å²) in [5, 5.41) is 19.4. The molecule has 190 valence electrons. The summed E-state index contributed by atoms with van der Waals surface area (Å²) in [6.45, 7) is 7.07. The molecule has 1 aliphatic carbocycles. The first-order chi connectivity index (χ1) is 18.9. The molecule has 3 heteroatoms. The second-order valence-electron chi connectivity index (χ2n) is 12.6. The number of para-hydroxylation sites is 1. The molecule has 1 aliphatic rings. The van der Waals surface area contributed by atoms with Crippen molar-refractivity contribution in [1.29, 1.82) is 5.26 Å². The summed E-state index contributed by atoms with van der Waals surface area (Å²) in [5.74, 6) is 0.550. The van der Waals surface area contributed by atoms with E-state index in [1.54, 1.807) is 0 Å². The molecule has 8 rings (SSSR count). The number of hydrogen-bond acceptors (Lipinski definition) is 1. The van der Waals surface area contributed by atoms with Gasteiger partial charge in [0, 0.05) is 22.2 Å². The van der Waals surface area contributed by atoms with Crippen molar-refractivity contribution in [3.63, 3.8) is 0 Å². The van der Waals surface area contributed by atoms with Crippen LogP contribution >= 0.6 is 0 Å². The van der Waals surface area contributed by atoms with Crippen LogP contribution in [0.1, 0.15) is 62.1 Å². The number of aromatic nitrogens is 2. The highest BCUT2D eigenvalue weighted by molar-refractivity contribution is 6.30. The van der Waals surface area contributed by atoms with Crippen molar-refractivity contribution in [2.75, 3.05) is 0 Å². The van der Waals surface area contributed by atoms with Gasteiger partial charge in [-0.3, -0.25) is 0 Å². The first-order valence-electron chi connectivity index (χ1n) is 14.2. The number of nitriles is 1. The number of benzene rings is 4. The summed E-state index contributed by atoms with van der Waals surface area (Å²) in [6.07, 6.45) is 7.18. The Kier molecular flexibility index (Phi) is 4.50. The van der Waals surface area contributed by atoms with Crippen molar-refractivity contribution in [3.05, 3.63) is 83.6 Å². The number of pyridine rings is 2. The number of hydrogen-bond donors (Lipinski definition) is 0. The van der Waals surface area contributed by atoms with Gasteiger partial charge in [0.05, 0.1) is 32.9 Å². The third-order valence-electron chi connectivity index (χ3n) is 9.87. The van der Waals surface area contributed by atoms with Crippen molar-refractivity contribution in [1.82, 2.24) is 4.40 Å². The Morgan fingerprint density at radius 1 is 0.872 bits per heavy atom. The Hall–Kier alpha value is -4.16. The normalized spacial score (nSPS) is 16.4. The van der Waals surface area contributed by atoms with Gasteiger partial charge in [0.2, 0.25) is 5.52 Å². The molecule has 0 bridgehead atoms. The lowest BCUT2D eigenvalue weighted by Crippen LogP contribution is -2.29. The third kappa shape index (κ3) is 2.90. The van der Waals surface area contributed by atoms with E-state index in [1.165, 1.54) is 80.3 Å². The Bertz CT molecular complexity index is 2180. The Balaban J connectivity index is 1.69. The van der Waals surface area contributed by atoms with E-state index in [9.17, 15) is 5.26 Å². The Labute approximate surface area is 228 Å². The van der Waals surface area contributed by atoms with Crippen molar-refractivity contribution in [2.45, 2.75) is 52.4 Å². The van der Waals surface area contributed by atoms with E-state index in [0.29, 0.717) is 11.3 Å². The van der Waals surface area contributed by atoms with Gasteiger partial charge in [-0.05, 0) is 78.0 Å². The maximum atomic E-state index is 10.7. The molecule has 0 atom stereocenters. The number of aryl methyl sites for hydroxylation is 2. The summed E-state index contributed by atoms with van der Waals surface area (Å²) in [6, 6.07) is 24.7. The average molecular weight is 507 g/mol. The average Bonchev–Trinajstić information content (AvgIpc) is 3.29. The lowest BCUT2D eigenvalue weighted by atomic mass is 9.70. The maximum absolute atomic E-state index is 10.7. The fourth-order valence-electron chi connectivity index (χ4n) is 7.83. The largest absolute Gasteiger partial charge is 0.306 e. The molecule has 0 spiro atoms. The zero-order valence-corrected chi connectivity index (χ0v) is 23.1. The summed E-state index contributed by atoms with van der Waals surface area (Å²) in [7, 11) is 2.15. The minimum atomic E-state index is 0.423. The summed E-state index contributed by atoms with van der Waals surface area (Å²) < 4.78 is 4.72. The van der Waals surface area contributed by atoms with Crippen LogP contribution in [0.4, 0.5) is 0 Å². The van der Waals surface area contributed by atoms with Gasteiger partial charge in [0.15, 0.2) is 6.20 Å². The van der Waals surface area contributed by atoms with Crippen LogP contribution in [-0.2, 0) is 7.05 Å². The molecule has 0 aliphatic heterocycles. The van der Waals surface area contributed by atoms with Gasteiger partial charge in [-0.15, -0.1) is 0 Å². The van der Waals surface area contributed by atoms with Gasteiger partial charge in [0.25, 0.3) is 0 Å². The van der Waals surface area contributed by atoms with Gasteiger partial charge in [-0.2, -0.15) is 5.26 Å². The van der Waals surface area contributed by atoms with Crippen LogP contribution in [0.5, 0.6) is 0 Å². The van der Waals surface area contributed by atoms with Gasteiger partial charge in [-0.25, -0.2) is 4.57 Å². The minimum absolute atomic E-state index is 0.423. The lowest BCUT2D eigenvalue weighted by Gasteiger charge is -2.35. The minimum Gasteiger partial charge on any atom is -0.306 e. The smallest absolute Gasteiger partial charge is 0.224 e. The summed E-state index contributed by atoms with van der Waals surface area (Å²) in [4.78, 5) is 0. The Morgan fingerprint density at radius 3 is 2.31 bits per heavy atom. The Morgan fingerprint density at radius 2 is 1.56 bits per heavy atom. The molecular formula is C36H32N3+. The molecule has 0 amide bonds. The van der Waals surface area contributed by atoms with E-state index in [0.717, 1.165) is 21.9 Å². The molecule has 3 aromatic heterocycles. The van der Waals surface area contributed by atoms with E-state index in [1.807, 2.05) is 0 Å². The van der Waals surface area contributed by atoms with E-state index in [2.05, 4.69) is 110 Å². The topological polar surface area (TPSA) is 32.1 Å². The third-order valence-corrected chi connectivity index (χ3v) is 9.87. The van der Waals surface area contributed by atoms with Crippen LogP contribution in [0, 0.1) is 23.7 Å². The zero-order valence-electron chi connectivity index (χ0n) is 23.1. The van der Waals surface area contributed by atoms with E-state index < -0.39 is 0 Å². The van der Waals surface area contributed by atoms with Gasteiger partial charge < -0.3 is 4.40 Å². The first-order valence-corrected chi connectivity index (χ1v) is 14.2. The van der Waals surface area contributed by atoms with Crippen LogP contribution < -0.4 is 4.57 Å². The molecule has 4 aromatic carbocycles. The van der Waals surface area contributed by atoms with Crippen LogP contribution in [0.2, 0.25) is 0 Å². The quantitative estimate of drug-likeness (QED) is 0.124. The molecule has 39 heavy (non-hydrogen) atoms. The molecule has 0 unspecified atom stereocenters. The van der Waals surface area contributed by atoms with Crippen molar-refractivity contribution >= 4 is 59.8 Å². The highest BCUT2D eigenvalue weighted by Crippen LogP contribution is 2.49. The SMILES string of the molecule is Cc1c2ccccc2c(C#N)c2c1c1c3c(cc[n+]1C)cc(C1CCC(C)(C)CC1)c1c4ccccc4n2c13. The summed E-state index contributed by atoms with van der Waals surface area (Å²) in [5.41, 5.74) is 8.64. The predicted molar refractivity (Wildman–Crippen MR) is 162 cm³/mol. The van der Waals surface area contributed by atoms with Crippen LogP contribution in [0.3, 0.4) is 0 Å². The fourth-order valence-corrected chi connectivity index (χ4v) is 7.83. The molecule has 3 heterocycles. The van der Waals surface area contributed by atoms with Gasteiger partial charge in [0.1, 0.15) is 13.1 Å². The van der Waals surface area contributed by atoms with Crippen LogP contribution in [0.25, 0.3) is 59.8 Å². The monoisotopic (exact) mass is 506 g/mol.